The first-order chi connectivity index (χ1) is 6.13. The largest absolute Gasteiger partial charge is 0.479 e. The number of hydrogen-bond donors (Lipinski definition) is 2. The van der Waals surface area contributed by atoms with Crippen LogP contribution in [-0.4, -0.2) is 40.0 Å². The fourth-order valence-corrected chi connectivity index (χ4v) is 2.62. The lowest BCUT2D eigenvalue weighted by Crippen LogP contribution is -2.38. The average molecular weight is 208 g/mol. The lowest BCUT2D eigenvalue weighted by atomic mass is 9.95. The minimum atomic E-state index is -2.14. The van der Waals surface area contributed by atoms with Gasteiger partial charge in [0, 0.05) is 0 Å². The number of aliphatic hydroxyl groups excluding tert-OH is 1. The molecule has 1 rings (SSSR count). The van der Waals surface area contributed by atoms with Crippen LogP contribution in [-0.2, 0) is 4.79 Å². The molecule has 1 aliphatic heterocycles. The van der Waals surface area contributed by atoms with Gasteiger partial charge in [-0.15, -0.1) is 0 Å². The van der Waals surface area contributed by atoms with E-state index >= 15 is 0 Å². The quantitative estimate of drug-likeness (QED) is 0.724. The zero-order valence-electron chi connectivity index (χ0n) is 7.15. The molecule has 1 saturated heterocycles. The predicted molar refractivity (Wildman–Crippen MR) is 48.6 cm³/mol. The molecule has 76 valence electrons. The molecule has 13 heavy (non-hydrogen) atoms. The summed E-state index contributed by atoms with van der Waals surface area (Å²) < 4.78 is 12.8. The van der Waals surface area contributed by atoms with E-state index in [0.29, 0.717) is 5.75 Å². The zero-order chi connectivity index (χ0) is 9.84. The Morgan fingerprint density at radius 2 is 2.31 bits per heavy atom. The molecule has 0 radical (unpaired) electrons. The predicted octanol–water partition coefficient (Wildman–Crippen LogP) is 0.913. The topological polar surface area (TPSA) is 57.5 Å². The van der Waals surface area contributed by atoms with Crippen LogP contribution < -0.4 is 0 Å². The van der Waals surface area contributed by atoms with Crippen molar-refractivity contribution < 1.29 is 19.4 Å². The highest BCUT2D eigenvalue weighted by molar-refractivity contribution is 7.99. The Morgan fingerprint density at radius 1 is 1.62 bits per heavy atom. The third-order valence-corrected chi connectivity index (χ3v) is 3.46. The van der Waals surface area contributed by atoms with Crippen LogP contribution in [0.2, 0.25) is 0 Å². The lowest BCUT2D eigenvalue weighted by molar-refractivity contribution is -0.148. The number of aliphatic hydroxyl groups is 1. The van der Waals surface area contributed by atoms with E-state index in [1.165, 1.54) is 0 Å². The molecule has 2 N–H and O–H groups in total. The molecule has 3 unspecified atom stereocenters. The Kier molecular flexibility index (Phi) is 3.99. The van der Waals surface area contributed by atoms with E-state index < -0.39 is 18.2 Å². The van der Waals surface area contributed by atoms with Gasteiger partial charge in [-0.2, -0.15) is 11.8 Å². The monoisotopic (exact) mass is 208 g/mol. The number of alkyl halides is 1. The number of aliphatic carboxylic acids is 1. The van der Waals surface area contributed by atoms with E-state index in [1.54, 1.807) is 11.8 Å². The number of carboxylic acid groups (broad SMARTS) is 1. The van der Waals surface area contributed by atoms with Gasteiger partial charge in [-0.05, 0) is 30.3 Å². The molecule has 0 spiro atoms. The van der Waals surface area contributed by atoms with E-state index in [4.69, 9.17) is 5.11 Å². The van der Waals surface area contributed by atoms with Gasteiger partial charge in [-0.1, -0.05) is 0 Å². The maximum absolute atomic E-state index is 12.8. The molecule has 0 aromatic rings. The van der Waals surface area contributed by atoms with Gasteiger partial charge in [0.25, 0.3) is 0 Å². The highest BCUT2D eigenvalue weighted by Gasteiger charge is 2.33. The Hall–Kier alpha value is -0.290. The van der Waals surface area contributed by atoms with Gasteiger partial charge in [0.15, 0.2) is 0 Å². The van der Waals surface area contributed by atoms with Gasteiger partial charge in [0.1, 0.15) is 0 Å². The van der Waals surface area contributed by atoms with Gasteiger partial charge >= 0.3 is 5.97 Å². The normalized spacial score (nSPS) is 28.0. The van der Waals surface area contributed by atoms with Crippen molar-refractivity contribution >= 4 is 17.7 Å². The minimum absolute atomic E-state index is 0.204. The molecule has 0 bridgehead atoms. The first-order valence-corrected chi connectivity index (χ1v) is 5.41. The van der Waals surface area contributed by atoms with Gasteiger partial charge in [0.2, 0.25) is 6.17 Å². The number of carboxylic acids is 1. The molecule has 0 amide bonds. The molecule has 3 atom stereocenters. The van der Waals surface area contributed by atoms with E-state index in [9.17, 15) is 14.3 Å². The van der Waals surface area contributed by atoms with Crippen LogP contribution in [0.1, 0.15) is 12.8 Å². The summed E-state index contributed by atoms with van der Waals surface area (Å²) in [5.41, 5.74) is 0. The summed E-state index contributed by atoms with van der Waals surface area (Å²) >= 11 is 1.64. The summed E-state index contributed by atoms with van der Waals surface area (Å²) in [6.45, 7) is 0. The second-order valence-electron chi connectivity index (χ2n) is 3.21. The van der Waals surface area contributed by atoms with Crippen molar-refractivity contribution in [2.75, 3.05) is 11.5 Å². The number of carbonyl (C=O) groups is 1. The van der Waals surface area contributed by atoms with Crippen molar-refractivity contribution in [3.63, 3.8) is 0 Å². The van der Waals surface area contributed by atoms with Crippen molar-refractivity contribution in [2.45, 2.75) is 25.1 Å². The van der Waals surface area contributed by atoms with Crippen molar-refractivity contribution in [1.29, 1.82) is 0 Å². The smallest absolute Gasteiger partial charge is 0.341 e. The van der Waals surface area contributed by atoms with Crippen molar-refractivity contribution in [1.82, 2.24) is 0 Å². The third kappa shape index (κ3) is 2.84. The summed E-state index contributed by atoms with van der Waals surface area (Å²) in [5, 5.41) is 17.7. The van der Waals surface area contributed by atoms with Gasteiger partial charge in [0.05, 0.1) is 6.10 Å². The molecule has 1 heterocycles. The SMILES string of the molecule is O=C(O)C(F)C(O)C1CCCSC1. The van der Waals surface area contributed by atoms with Gasteiger partial charge in [-0.3, -0.25) is 0 Å². The number of hydrogen-bond acceptors (Lipinski definition) is 3. The van der Waals surface area contributed by atoms with Crippen LogP contribution in [0, 0.1) is 5.92 Å². The lowest BCUT2D eigenvalue weighted by Gasteiger charge is -2.26. The van der Waals surface area contributed by atoms with Crippen LogP contribution in [0.4, 0.5) is 4.39 Å². The Balaban J connectivity index is 2.44. The minimum Gasteiger partial charge on any atom is -0.479 e. The van der Waals surface area contributed by atoms with E-state index in [2.05, 4.69) is 0 Å². The first-order valence-electron chi connectivity index (χ1n) is 4.25. The van der Waals surface area contributed by atoms with Crippen LogP contribution in [0.5, 0.6) is 0 Å². The molecule has 1 aliphatic rings. The summed E-state index contributed by atoms with van der Waals surface area (Å²) in [7, 11) is 0. The molecular weight excluding hydrogens is 195 g/mol. The first kappa shape index (κ1) is 10.8. The molecule has 5 heteroatoms. The molecule has 0 aromatic heterocycles. The number of thioether (sulfide) groups is 1. The molecule has 0 saturated carbocycles. The number of rotatable bonds is 3. The third-order valence-electron chi connectivity index (χ3n) is 2.21. The molecular formula is C8H13FO3S. The van der Waals surface area contributed by atoms with E-state index in [0.717, 1.165) is 18.6 Å². The van der Waals surface area contributed by atoms with Crippen LogP contribution in [0.25, 0.3) is 0 Å². The van der Waals surface area contributed by atoms with E-state index in [-0.39, 0.29) is 5.92 Å². The molecule has 3 nitrogen and oxygen atoms in total. The Morgan fingerprint density at radius 3 is 2.77 bits per heavy atom. The Bertz CT molecular complexity index is 182. The molecule has 0 aromatic carbocycles. The molecule has 1 fully saturated rings. The highest BCUT2D eigenvalue weighted by Crippen LogP contribution is 2.27. The summed E-state index contributed by atoms with van der Waals surface area (Å²) in [4.78, 5) is 10.2. The molecule has 0 aliphatic carbocycles. The maximum atomic E-state index is 12.8. The van der Waals surface area contributed by atoms with Crippen molar-refractivity contribution in [2.24, 2.45) is 5.92 Å². The van der Waals surface area contributed by atoms with Crippen LogP contribution in [0.3, 0.4) is 0 Å². The fourth-order valence-electron chi connectivity index (χ4n) is 1.42. The maximum Gasteiger partial charge on any atom is 0.341 e. The Labute approximate surface area is 80.3 Å². The van der Waals surface area contributed by atoms with Crippen molar-refractivity contribution in [3.8, 4) is 0 Å². The van der Waals surface area contributed by atoms with Crippen LogP contribution >= 0.6 is 11.8 Å². The zero-order valence-corrected chi connectivity index (χ0v) is 7.97. The van der Waals surface area contributed by atoms with Gasteiger partial charge in [-0.25, -0.2) is 9.18 Å². The second kappa shape index (κ2) is 4.81. The summed E-state index contributed by atoms with van der Waals surface area (Å²) in [6.07, 6.45) is -1.82. The van der Waals surface area contributed by atoms with E-state index in [1.807, 2.05) is 0 Å². The summed E-state index contributed by atoms with van der Waals surface area (Å²) in [6, 6.07) is 0. The average Bonchev–Trinajstić information content (AvgIpc) is 2.17. The van der Waals surface area contributed by atoms with Crippen molar-refractivity contribution in [3.05, 3.63) is 0 Å². The van der Waals surface area contributed by atoms with Gasteiger partial charge < -0.3 is 10.2 Å². The highest BCUT2D eigenvalue weighted by atomic mass is 32.2. The standard InChI is InChI=1S/C8H13FO3S/c9-6(8(11)12)7(10)5-2-1-3-13-4-5/h5-7,10H,1-4H2,(H,11,12). The fraction of sp³-hybridized carbons (Fsp3) is 0.875. The second-order valence-corrected chi connectivity index (χ2v) is 4.36. The van der Waals surface area contributed by atoms with Crippen LogP contribution in [0.15, 0.2) is 0 Å². The summed E-state index contributed by atoms with van der Waals surface area (Å²) in [5.74, 6) is -0.0878. The number of halogens is 1.